The molecule has 0 radical (unpaired) electrons. The standard InChI is InChI=1S/C15H17N3O5/c1-23-12(15(21)22)9-16-14(20)11-7-8-13(19)18(17-11)10-5-3-2-4-6-10/h2-6,12H,7-9H2,1H3,(H,16,20)(H,21,22). The fraction of sp³-hybridized carbons (Fsp3) is 0.333. The van der Waals surface area contributed by atoms with Gasteiger partial charge >= 0.3 is 5.97 Å². The van der Waals surface area contributed by atoms with Crippen LogP contribution < -0.4 is 10.3 Å². The number of hydrazone groups is 1. The molecular formula is C15H17N3O5. The zero-order valence-electron chi connectivity index (χ0n) is 12.6. The number of aliphatic carboxylic acids is 1. The number of rotatable bonds is 6. The second kappa shape index (κ2) is 7.50. The van der Waals surface area contributed by atoms with Gasteiger partial charge in [0.1, 0.15) is 5.71 Å². The van der Waals surface area contributed by atoms with E-state index in [1.807, 2.05) is 6.07 Å². The fourth-order valence-electron chi connectivity index (χ4n) is 2.05. The molecule has 2 rings (SSSR count). The molecule has 1 aromatic rings. The van der Waals surface area contributed by atoms with Gasteiger partial charge in [-0.3, -0.25) is 9.59 Å². The molecule has 8 heteroatoms. The van der Waals surface area contributed by atoms with E-state index >= 15 is 0 Å². The largest absolute Gasteiger partial charge is 0.479 e. The van der Waals surface area contributed by atoms with Gasteiger partial charge < -0.3 is 15.2 Å². The minimum absolute atomic E-state index is 0.161. The van der Waals surface area contributed by atoms with Crippen LogP contribution in [0, 0.1) is 0 Å². The van der Waals surface area contributed by atoms with Crippen molar-refractivity contribution in [3.63, 3.8) is 0 Å². The van der Waals surface area contributed by atoms with E-state index in [4.69, 9.17) is 9.84 Å². The van der Waals surface area contributed by atoms with Crippen molar-refractivity contribution >= 4 is 29.2 Å². The van der Waals surface area contributed by atoms with E-state index in [0.717, 1.165) is 0 Å². The number of hydrogen-bond acceptors (Lipinski definition) is 5. The Labute approximate surface area is 132 Å². The molecule has 2 amide bonds. The molecular weight excluding hydrogens is 302 g/mol. The summed E-state index contributed by atoms with van der Waals surface area (Å²) < 4.78 is 4.74. The minimum Gasteiger partial charge on any atom is -0.479 e. The smallest absolute Gasteiger partial charge is 0.334 e. The van der Waals surface area contributed by atoms with Gasteiger partial charge in [-0.2, -0.15) is 5.10 Å². The van der Waals surface area contributed by atoms with Gasteiger partial charge in [0.25, 0.3) is 5.91 Å². The highest BCUT2D eigenvalue weighted by Crippen LogP contribution is 2.19. The Hall–Kier alpha value is -2.74. The summed E-state index contributed by atoms with van der Waals surface area (Å²) in [5, 5.41) is 16.6. The third-order valence-electron chi connectivity index (χ3n) is 3.30. The highest BCUT2D eigenvalue weighted by Gasteiger charge is 2.26. The Morgan fingerprint density at radius 1 is 1.35 bits per heavy atom. The summed E-state index contributed by atoms with van der Waals surface area (Å²) in [5.41, 5.74) is 0.747. The van der Waals surface area contributed by atoms with Crippen molar-refractivity contribution in [3.8, 4) is 0 Å². The molecule has 0 aromatic heterocycles. The molecule has 122 valence electrons. The number of nitrogens with one attached hydrogen (secondary N) is 1. The monoisotopic (exact) mass is 319 g/mol. The van der Waals surface area contributed by atoms with Gasteiger partial charge in [-0.1, -0.05) is 18.2 Å². The van der Waals surface area contributed by atoms with Crippen molar-refractivity contribution in [1.82, 2.24) is 5.32 Å². The van der Waals surface area contributed by atoms with Crippen LogP contribution in [0.25, 0.3) is 0 Å². The van der Waals surface area contributed by atoms with E-state index in [-0.39, 0.29) is 31.0 Å². The molecule has 0 bridgehead atoms. The van der Waals surface area contributed by atoms with Crippen molar-refractivity contribution in [2.75, 3.05) is 18.7 Å². The number of carboxylic acid groups (broad SMARTS) is 1. The Kier molecular flexibility index (Phi) is 5.42. The Morgan fingerprint density at radius 2 is 2.04 bits per heavy atom. The molecule has 0 saturated heterocycles. The number of ether oxygens (including phenoxy) is 1. The van der Waals surface area contributed by atoms with Gasteiger partial charge in [-0.25, -0.2) is 9.80 Å². The van der Waals surface area contributed by atoms with Crippen LogP contribution in [0.5, 0.6) is 0 Å². The quantitative estimate of drug-likeness (QED) is 0.788. The maximum absolute atomic E-state index is 12.1. The lowest BCUT2D eigenvalue weighted by molar-refractivity contribution is -0.148. The Bertz CT molecular complexity index is 629. The van der Waals surface area contributed by atoms with Crippen LogP contribution >= 0.6 is 0 Å². The first-order chi connectivity index (χ1) is 11.0. The highest BCUT2D eigenvalue weighted by atomic mass is 16.5. The van der Waals surface area contributed by atoms with E-state index in [0.29, 0.717) is 5.69 Å². The summed E-state index contributed by atoms with van der Waals surface area (Å²) in [5.74, 6) is -1.88. The fourth-order valence-corrected chi connectivity index (χ4v) is 2.05. The molecule has 1 atom stereocenters. The van der Waals surface area contributed by atoms with E-state index in [1.54, 1.807) is 24.3 Å². The van der Waals surface area contributed by atoms with Crippen LogP contribution in [0.2, 0.25) is 0 Å². The van der Waals surface area contributed by atoms with Crippen LogP contribution in [0.15, 0.2) is 35.4 Å². The van der Waals surface area contributed by atoms with Crippen molar-refractivity contribution in [2.24, 2.45) is 5.10 Å². The molecule has 0 saturated carbocycles. The molecule has 23 heavy (non-hydrogen) atoms. The van der Waals surface area contributed by atoms with E-state index in [2.05, 4.69) is 10.4 Å². The van der Waals surface area contributed by atoms with Crippen molar-refractivity contribution < 1.29 is 24.2 Å². The molecule has 1 aromatic carbocycles. The number of carbonyl (C=O) groups is 3. The summed E-state index contributed by atoms with van der Waals surface area (Å²) in [6, 6.07) is 8.78. The number of anilines is 1. The van der Waals surface area contributed by atoms with Crippen LogP contribution in [0.1, 0.15) is 12.8 Å². The number of methoxy groups -OCH3 is 1. The molecule has 0 fully saturated rings. The summed E-state index contributed by atoms with van der Waals surface area (Å²) >= 11 is 0. The zero-order chi connectivity index (χ0) is 16.8. The number of benzene rings is 1. The summed E-state index contributed by atoms with van der Waals surface area (Å²) in [6.07, 6.45) is -0.762. The van der Waals surface area contributed by atoms with Crippen LogP contribution in [-0.4, -0.2) is 48.4 Å². The van der Waals surface area contributed by atoms with Crippen molar-refractivity contribution in [2.45, 2.75) is 18.9 Å². The van der Waals surface area contributed by atoms with E-state index < -0.39 is 18.0 Å². The van der Waals surface area contributed by atoms with Gasteiger partial charge in [0, 0.05) is 20.0 Å². The molecule has 1 unspecified atom stereocenters. The van der Waals surface area contributed by atoms with Gasteiger partial charge in [-0.15, -0.1) is 0 Å². The van der Waals surface area contributed by atoms with Crippen LogP contribution in [0.3, 0.4) is 0 Å². The molecule has 0 aliphatic carbocycles. The normalized spacial score (nSPS) is 15.8. The van der Waals surface area contributed by atoms with E-state index in [1.165, 1.54) is 12.1 Å². The summed E-state index contributed by atoms with van der Waals surface area (Å²) in [6.45, 7) is -0.178. The Morgan fingerprint density at radius 3 is 2.65 bits per heavy atom. The first-order valence-corrected chi connectivity index (χ1v) is 7.02. The molecule has 1 aliphatic rings. The van der Waals surface area contributed by atoms with Crippen LogP contribution in [0.4, 0.5) is 5.69 Å². The summed E-state index contributed by atoms with van der Waals surface area (Å²) in [4.78, 5) is 34.9. The second-order valence-electron chi connectivity index (χ2n) is 4.86. The number of carbonyl (C=O) groups excluding carboxylic acids is 2. The Balaban J connectivity index is 2.08. The maximum atomic E-state index is 12.1. The predicted molar refractivity (Wildman–Crippen MR) is 82.0 cm³/mol. The van der Waals surface area contributed by atoms with Gasteiger partial charge in [0.15, 0.2) is 6.10 Å². The van der Waals surface area contributed by atoms with Gasteiger partial charge in [0.2, 0.25) is 5.91 Å². The number of carboxylic acids is 1. The SMILES string of the molecule is COC(CNC(=O)C1=NN(c2ccccc2)C(=O)CC1)C(=O)O. The van der Waals surface area contributed by atoms with Gasteiger partial charge in [0.05, 0.1) is 12.2 Å². The average molecular weight is 319 g/mol. The maximum Gasteiger partial charge on any atom is 0.334 e. The number of nitrogens with zero attached hydrogens (tertiary/aromatic N) is 2. The first-order valence-electron chi connectivity index (χ1n) is 7.02. The molecule has 8 nitrogen and oxygen atoms in total. The number of amides is 2. The zero-order valence-corrected chi connectivity index (χ0v) is 12.6. The second-order valence-corrected chi connectivity index (χ2v) is 4.86. The molecule has 0 spiro atoms. The lowest BCUT2D eigenvalue weighted by Crippen LogP contribution is -2.43. The number of para-hydroxylation sites is 1. The summed E-state index contributed by atoms with van der Waals surface area (Å²) in [7, 11) is 1.25. The molecule has 1 aliphatic heterocycles. The third-order valence-corrected chi connectivity index (χ3v) is 3.30. The van der Waals surface area contributed by atoms with Gasteiger partial charge in [-0.05, 0) is 12.1 Å². The third kappa shape index (κ3) is 4.13. The first kappa shape index (κ1) is 16.6. The van der Waals surface area contributed by atoms with Crippen molar-refractivity contribution in [1.29, 1.82) is 0 Å². The lowest BCUT2D eigenvalue weighted by Gasteiger charge is -2.23. The minimum atomic E-state index is -1.17. The number of hydrogen-bond donors (Lipinski definition) is 2. The molecule has 2 N–H and O–H groups in total. The average Bonchev–Trinajstić information content (AvgIpc) is 2.56. The molecule has 1 heterocycles. The van der Waals surface area contributed by atoms with Crippen LogP contribution in [-0.2, 0) is 19.1 Å². The van der Waals surface area contributed by atoms with E-state index in [9.17, 15) is 14.4 Å². The topological polar surface area (TPSA) is 108 Å². The highest BCUT2D eigenvalue weighted by molar-refractivity contribution is 6.40. The van der Waals surface area contributed by atoms with Crippen molar-refractivity contribution in [3.05, 3.63) is 30.3 Å². The lowest BCUT2D eigenvalue weighted by atomic mass is 10.1. The predicted octanol–water partition coefficient (Wildman–Crippen LogP) is 0.385.